The number of nitrogens with one attached hydrogen (secondary N) is 1. The molecular formula is C24H29ClN4O. The maximum absolute atomic E-state index is 12.5. The lowest BCUT2D eigenvalue weighted by Crippen LogP contribution is -2.46. The summed E-state index contributed by atoms with van der Waals surface area (Å²) in [4.78, 5) is 17.4. The van der Waals surface area contributed by atoms with Crippen molar-refractivity contribution in [2.45, 2.75) is 26.7 Å². The quantitative estimate of drug-likeness (QED) is 0.645. The lowest BCUT2D eigenvalue weighted by atomic mass is 10.1. The van der Waals surface area contributed by atoms with Gasteiger partial charge in [-0.1, -0.05) is 47.5 Å². The van der Waals surface area contributed by atoms with Gasteiger partial charge in [0, 0.05) is 31.9 Å². The molecule has 5 nitrogen and oxygen atoms in total. The maximum Gasteiger partial charge on any atom is 0.290 e. The van der Waals surface area contributed by atoms with E-state index in [0.717, 1.165) is 56.9 Å². The van der Waals surface area contributed by atoms with Crippen LogP contribution in [0.5, 0.6) is 0 Å². The van der Waals surface area contributed by atoms with E-state index in [2.05, 4.69) is 46.9 Å². The molecule has 1 saturated heterocycles. The van der Waals surface area contributed by atoms with E-state index >= 15 is 0 Å². The van der Waals surface area contributed by atoms with Crippen molar-refractivity contribution in [3.05, 3.63) is 80.7 Å². The predicted octanol–water partition coefficient (Wildman–Crippen LogP) is 4.19. The van der Waals surface area contributed by atoms with Crippen LogP contribution in [-0.2, 0) is 6.42 Å². The van der Waals surface area contributed by atoms with Crippen molar-refractivity contribution < 1.29 is 0 Å². The van der Waals surface area contributed by atoms with Crippen LogP contribution in [0.15, 0.2) is 53.3 Å². The summed E-state index contributed by atoms with van der Waals surface area (Å²) in [6.45, 7) is 9.56. The highest BCUT2D eigenvalue weighted by Gasteiger charge is 2.19. The van der Waals surface area contributed by atoms with Gasteiger partial charge in [-0.05, 0) is 57.0 Å². The van der Waals surface area contributed by atoms with E-state index in [1.165, 1.54) is 21.5 Å². The minimum absolute atomic E-state index is 0.181. The highest BCUT2D eigenvalue weighted by Crippen LogP contribution is 2.22. The van der Waals surface area contributed by atoms with Crippen molar-refractivity contribution in [2.75, 3.05) is 37.6 Å². The van der Waals surface area contributed by atoms with Crippen molar-refractivity contribution in [3.8, 4) is 5.69 Å². The number of nitrogens with zero attached hydrogens (tertiary/aromatic N) is 3. The average Bonchev–Trinajstić information content (AvgIpc) is 3.04. The fourth-order valence-corrected chi connectivity index (χ4v) is 4.46. The average molecular weight is 425 g/mol. The fraction of sp³-hybridized carbons (Fsp3) is 0.375. The molecule has 0 bridgehead atoms. The maximum atomic E-state index is 12.5. The number of aromatic amines is 1. The third kappa shape index (κ3) is 4.47. The molecular weight excluding hydrogens is 396 g/mol. The molecule has 2 heterocycles. The Balaban J connectivity index is 1.30. The molecule has 0 radical (unpaired) electrons. The molecule has 1 aromatic heterocycles. The molecule has 0 aliphatic carbocycles. The van der Waals surface area contributed by atoms with Gasteiger partial charge in [0.25, 0.3) is 5.56 Å². The summed E-state index contributed by atoms with van der Waals surface area (Å²) >= 11 is 6.31. The van der Waals surface area contributed by atoms with Gasteiger partial charge in [0.2, 0.25) is 0 Å². The van der Waals surface area contributed by atoms with Gasteiger partial charge in [-0.2, -0.15) is 0 Å². The van der Waals surface area contributed by atoms with Gasteiger partial charge in [0.1, 0.15) is 5.02 Å². The van der Waals surface area contributed by atoms with Crippen LogP contribution in [0.3, 0.4) is 0 Å². The molecule has 1 aliphatic rings. The molecule has 6 heteroatoms. The molecule has 158 valence electrons. The summed E-state index contributed by atoms with van der Waals surface area (Å²) < 4.78 is 1.53. The Morgan fingerprint density at radius 3 is 2.43 bits per heavy atom. The number of rotatable bonds is 6. The Morgan fingerprint density at radius 2 is 1.73 bits per heavy atom. The Hall–Kier alpha value is -2.50. The van der Waals surface area contributed by atoms with Crippen molar-refractivity contribution in [1.29, 1.82) is 0 Å². The van der Waals surface area contributed by atoms with E-state index in [0.29, 0.717) is 5.02 Å². The van der Waals surface area contributed by atoms with Crippen molar-refractivity contribution in [1.82, 2.24) is 14.7 Å². The molecule has 3 aromatic rings. The van der Waals surface area contributed by atoms with E-state index in [9.17, 15) is 4.79 Å². The van der Waals surface area contributed by atoms with Crippen LogP contribution in [0.2, 0.25) is 5.02 Å². The normalized spacial score (nSPS) is 15.0. The van der Waals surface area contributed by atoms with Crippen molar-refractivity contribution >= 4 is 17.3 Å². The number of para-hydroxylation sites is 1. The van der Waals surface area contributed by atoms with E-state index in [4.69, 9.17) is 11.6 Å². The van der Waals surface area contributed by atoms with Crippen LogP contribution < -0.4 is 10.5 Å². The summed E-state index contributed by atoms with van der Waals surface area (Å²) in [7, 11) is 0. The molecule has 0 saturated carbocycles. The van der Waals surface area contributed by atoms with Gasteiger partial charge in [-0.25, -0.2) is 4.68 Å². The van der Waals surface area contributed by atoms with Crippen LogP contribution in [0.1, 0.15) is 23.2 Å². The minimum Gasteiger partial charge on any atom is -0.369 e. The van der Waals surface area contributed by atoms with Crippen LogP contribution >= 0.6 is 11.6 Å². The van der Waals surface area contributed by atoms with Crippen LogP contribution in [0.25, 0.3) is 5.69 Å². The highest BCUT2D eigenvalue weighted by atomic mass is 35.5. The topological polar surface area (TPSA) is 44.3 Å². The van der Waals surface area contributed by atoms with Gasteiger partial charge in [0.05, 0.1) is 11.4 Å². The van der Waals surface area contributed by atoms with E-state index in [-0.39, 0.29) is 5.56 Å². The third-order valence-electron chi connectivity index (χ3n) is 5.88. The number of hydrogen-bond donors (Lipinski definition) is 1. The summed E-state index contributed by atoms with van der Waals surface area (Å²) in [6.07, 6.45) is 1.74. The molecule has 2 aromatic carbocycles. The van der Waals surface area contributed by atoms with Gasteiger partial charge in [-0.3, -0.25) is 14.8 Å². The number of piperazine rings is 1. The van der Waals surface area contributed by atoms with Gasteiger partial charge in [-0.15, -0.1) is 0 Å². The molecule has 0 unspecified atom stereocenters. The van der Waals surface area contributed by atoms with Gasteiger partial charge in [0.15, 0.2) is 0 Å². The number of hydrogen-bond acceptors (Lipinski definition) is 3. The number of halogens is 1. The number of anilines is 1. The molecule has 0 amide bonds. The van der Waals surface area contributed by atoms with E-state index < -0.39 is 0 Å². The zero-order valence-corrected chi connectivity index (χ0v) is 18.5. The molecule has 1 N–H and O–H groups in total. The third-order valence-corrected chi connectivity index (χ3v) is 6.27. The number of aromatic nitrogens is 2. The summed E-state index contributed by atoms with van der Waals surface area (Å²) in [5.41, 5.74) is 5.46. The second-order valence-electron chi connectivity index (χ2n) is 8.10. The minimum atomic E-state index is -0.181. The van der Waals surface area contributed by atoms with Gasteiger partial charge >= 0.3 is 0 Å². The highest BCUT2D eigenvalue weighted by molar-refractivity contribution is 6.31. The van der Waals surface area contributed by atoms with Crippen LogP contribution in [0, 0.1) is 13.8 Å². The number of aryl methyl sites for hydroxylation is 3. The zero-order valence-electron chi connectivity index (χ0n) is 17.7. The smallest absolute Gasteiger partial charge is 0.290 e. The Morgan fingerprint density at radius 1 is 1.00 bits per heavy atom. The molecule has 0 spiro atoms. The lowest BCUT2D eigenvalue weighted by Gasteiger charge is -2.37. The predicted molar refractivity (Wildman–Crippen MR) is 124 cm³/mol. The van der Waals surface area contributed by atoms with Crippen LogP contribution in [0.4, 0.5) is 5.69 Å². The first-order chi connectivity index (χ1) is 14.5. The summed E-state index contributed by atoms with van der Waals surface area (Å²) in [5, 5.41) is 3.49. The van der Waals surface area contributed by atoms with Crippen molar-refractivity contribution in [2.24, 2.45) is 0 Å². The Labute approximate surface area is 182 Å². The Kier molecular flexibility index (Phi) is 6.30. The first-order valence-corrected chi connectivity index (χ1v) is 11.0. The van der Waals surface area contributed by atoms with E-state index in [1.807, 2.05) is 30.3 Å². The monoisotopic (exact) mass is 424 g/mol. The van der Waals surface area contributed by atoms with Gasteiger partial charge < -0.3 is 4.90 Å². The second-order valence-corrected chi connectivity index (χ2v) is 8.48. The molecule has 0 atom stereocenters. The second kappa shape index (κ2) is 9.11. The molecule has 1 fully saturated rings. The fourth-order valence-electron chi connectivity index (χ4n) is 4.24. The molecule has 4 rings (SSSR count). The SMILES string of the molecule is Cc1ccc(N2CCN(CCCc3[nH]n(-c4ccccc4)c(=O)c3Cl)CC2)c(C)c1. The number of H-pyrrole nitrogens is 1. The first kappa shape index (κ1) is 20.8. The zero-order chi connectivity index (χ0) is 21.1. The molecule has 30 heavy (non-hydrogen) atoms. The number of benzene rings is 2. The largest absolute Gasteiger partial charge is 0.369 e. The first-order valence-electron chi connectivity index (χ1n) is 10.6. The standard InChI is InChI=1S/C24H29ClN4O/c1-18-10-11-22(19(2)17-18)28-15-13-27(14-16-28)12-6-9-21-23(25)24(30)29(26-21)20-7-4-3-5-8-20/h3-5,7-8,10-11,17,26H,6,9,12-16H2,1-2H3. The molecule has 1 aliphatic heterocycles. The lowest BCUT2D eigenvalue weighted by molar-refractivity contribution is 0.254. The summed E-state index contributed by atoms with van der Waals surface area (Å²) in [5.74, 6) is 0. The van der Waals surface area contributed by atoms with Crippen molar-refractivity contribution in [3.63, 3.8) is 0 Å². The van der Waals surface area contributed by atoms with E-state index in [1.54, 1.807) is 0 Å². The summed E-state index contributed by atoms with van der Waals surface area (Å²) in [6, 6.07) is 16.2. The Bertz CT molecular complexity index is 1050. The van der Waals surface area contributed by atoms with Crippen LogP contribution in [-0.4, -0.2) is 47.4 Å².